The van der Waals surface area contributed by atoms with Gasteiger partial charge in [0.1, 0.15) is 22.9 Å². The summed E-state index contributed by atoms with van der Waals surface area (Å²) in [5.41, 5.74) is 1.83. The van der Waals surface area contributed by atoms with Crippen LogP contribution in [0.1, 0.15) is 46.0 Å². The summed E-state index contributed by atoms with van der Waals surface area (Å²) >= 11 is 0. The molecule has 0 bridgehead atoms. The van der Waals surface area contributed by atoms with Gasteiger partial charge in [-0.2, -0.15) is 0 Å². The molecule has 1 atom stereocenters. The van der Waals surface area contributed by atoms with Crippen molar-refractivity contribution in [3.05, 3.63) is 58.3 Å². The molecule has 0 radical (unpaired) electrons. The molecule has 1 heterocycles. The number of esters is 1. The highest BCUT2D eigenvalue weighted by Gasteiger charge is 2.16. The zero-order valence-corrected chi connectivity index (χ0v) is 15.6. The molecule has 0 fully saturated rings. The third-order valence-corrected chi connectivity index (χ3v) is 4.08. The van der Waals surface area contributed by atoms with E-state index in [4.69, 9.17) is 9.15 Å². The maximum absolute atomic E-state index is 13.7. The predicted octanol–water partition coefficient (Wildman–Crippen LogP) is 3.25. The van der Waals surface area contributed by atoms with E-state index in [2.05, 4.69) is 15.6 Å². The lowest BCUT2D eigenvalue weighted by Crippen LogP contribution is -2.38. The Kier molecular flexibility index (Phi) is 6.38. The summed E-state index contributed by atoms with van der Waals surface area (Å²) in [6.45, 7) is 5.69. The van der Waals surface area contributed by atoms with Crippen LogP contribution in [0.5, 0.6) is 0 Å². The van der Waals surface area contributed by atoms with Gasteiger partial charge in [-0.05, 0) is 44.0 Å². The summed E-state index contributed by atoms with van der Waals surface area (Å²) in [6.07, 6.45) is 0. The number of benzene rings is 1. The van der Waals surface area contributed by atoms with Crippen LogP contribution in [-0.4, -0.2) is 26.1 Å². The molecule has 6 nitrogen and oxygen atoms in total. The van der Waals surface area contributed by atoms with Crippen molar-refractivity contribution in [3.63, 3.8) is 0 Å². The first-order chi connectivity index (χ1) is 12.3. The highest BCUT2D eigenvalue weighted by molar-refractivity contribution is 5.90. The number of nitrogens with one attached hydrogen (secondary N) is 2. The Bertz CT molecular complexity index is 814. The molecule has 0 saturated heterocycles. The zero-order valence-electron chi connectivity index (χ0n) is 15.6. The minimum atomic E-state index is -0.435. The number of carbonyl (C=O) groups is 1. The van der Waals surface area contributed by atoms with E-state index in [-0.39, 0.29) is 11.9 Å². The Balaban J connectivity index is 1.99. The molecule has 7 heteroatoms. The van der Waals surface area contributed by atoms with Gasteiger partial charge >= 0.3 is 5.97 Å². The summed E-state index contributed by atoms with van der Waals surface area (Å²) in [7, 11) is 2.97. The van der Waals surface area contributed by atoms with Gasteiger partial charge in [0.25, 0.3) is 0 Å². The maximum atomic E-state index is 13.7. The number of furan rings is 1. The smallest absolute Gasteiger partial charge is 0.341 e. The molecule has 2 aromatic rings. The van der Waals surface area contributed by atoms with Crippen LogP contribution in [0.2, 0.25) is 0 Å². The molecule has 0 spiro atoms. The number of hydrogen-bond acceptors (Lipinski definition) is 4. The molecule has 2 N–H and O–H groups in total. The van der Waals surface area contributed by atoms with Gasteiger partial charge in [-0.3, -0.25) is 4.99 Å². The second kappa shape index (κ2) is 8.51. The third-order valence-electron chi connectivity index (χ3n) is 4.08. The predicted molar refractivity (Wildman–Crippen MR) is 97.7 cm³/mol. The monoisotopic (exact) mass is 361 g/mol. The van der Waals surface area contributed by atoms with Crippen LogP contribution in [0.3, 0.4) is 0 Å². The number of aliphatic imine (C=N–C) groups is 1. The number of ether oxygens (including phenoxy) is 1. The molecule has 0 amide bonds. The van der Waals surface area contributed by atoms with Gasteiger partial charge in [-0.15, -0.1) is 0 Å². The quantitative estimate of drug-likeness (QED) is 0.486. The highest BCUT2D eigenvalue weighted by atomic mass is 19.1. The second-order valence-electron chi connectivity index (χ2n) is 5.97. The van der Waals surface area contributed by atoms with Crippen molar-refractivity contribution in [2.75, 3.05) is 14.2 Å². The molecule has 140 valence electrons. The van der Waals surface area contributed by atoms with Gasteiger partial charge in [0.2, 0.25) is 0 Å². The number of aryl methyl sites for hydroxylation is 2. The molecule has 0 aliphatic heterocycles. The SMILES string of the molecule is CN=C(NCc1cc(C(=O)OC)c(C)o1)NC(C)c1ccc(C)c(F)c1. The molecule has 1 aromatic carbocycles. The van der Waals surface area contributed by atoms with Crippen molar-refractivity contribution < 1.29 is 18.3 Å². The van der Waals surface area contributed by atoms with E-state index in [0.717, 1.165) is 5.56 Å². The lowest BCUT2D eigenvalue weighted by atomic mass is 10.1. The normalized spacial score (nSPS) is 12.6. The highest BCUT2D eigenvalue weighted by Crippen LogP contribution is 2.17. The minimum absolute atomic E-state index is 0.139. The standard InChI is InChI=1S/C19H24FN3O3/c1-11-6-7-14(8-17(11)20)12(2)23-19(21-4)22-10-15-9-16(13(3)26-15)18(24)25-5/h6-9,12H,10H2,1-5H3,(H2,21,22,23). The number of hydrogen-bond donors (Lipinski definition) is 2. The molecular weight excluding hydrogens is 337 g/mol. The fourth-order valence-corrected chi connectivity index (χ4v) is 2.48. The van der Waals surface area contributed by atoms with Crippen LogP contribution >= 0.6 is 0 Å². The van der Waals surface area contributed by atoms with Gasteiger partial charge in [-0.1, -0.05) is 12.1 Å². The molecule has 1 unspecified atom stereocenters. The number of nitrogens with zero attached hydrogens (tertiary/aromatic N) is 1. The first-order valence-electron chi connectivity index (χ1n) is 8.26. The molecule has 26 heavy (non-hydrogen) atoms. The van der Waals surface area contributed by atoms with Gasteiger partial charge in [0.15, 0.2) is 5.96 Å². The first kappa shape index (κ1) is 19.5. The lowest BCUT2D eigenvalue weighted by molar-refractivity contribution is 0.0599. The van der Waals surface area contributed by atoms with Crippen LogP contribution in [-0.2, 0) is 11.3 Å². The number of rotatable bonds is 5. The van der Waals surface area contributed by atoms with E-state index >= 15 is 0 Å². The topological polar surface area (TPSA) is 75.9 Å². The number of methoxy groups -OCH3 is 1. The average molecular weight is 361 g/mol. The average Bonchev–Trinajstić information content (AvgIpc) is 3.00. The van der Waals surface area contributed by atoms with E-state index in [1.165, 1.54) is 13.2 Å². The van der Waals surface area contributed by atoms with Crippen molar-refractivity contribution in [1.82, 2.24) is 10.6 Å². The van der Waals surface area contributed by atoms with Crippen LogP contribution < -0.4 is 10.6 Å². The molecular formula is C19H24FN3O3. The van der Waals surface area contributed by atoms with Crippen molar-refractivity contribution in [1.29, 1.82) is 0 Å². The summed E-state index contributed by atoms with van der Waals surface area (Å²) < 4.78 is 24.0. The summed E-state index contributed by atoms with van der Waals surface area (Å²) in [5, 5.41) is 6.30. The molecule has 1 aromatic heterocycles. The number of guanidine groups is 1. The fraction of sp³-hybridized carbons (Fsp3) is 0.368. The Morgan fingerprint density at radius 1 is 1.35 bits per heavy atom. The van der Waals surface area contributed by atoms with Gasteiger partial charge < -0.3 is 19.8 Å². The van der Waals surface area contributed by atoms with Crippen molar-refractivity contribution in [2.24, 2.45) is 4.99 Å². The molecule has 0 aliphatic carbocycles. The van der Waals surface area contributed by atoms with Gasteiger partial charge in [-0.25, -0.2) is 9.18 Å². The number of carbonyl (C=O) groups excluding carboxylic acids is 1. The molecule has 0 aliphatic rings. The van der Waals surface area contributed by atoms with Crippen LogP contribution in [0.15, 0.2) is 33.7 Å². The number of halogens is 1. The van der Waals surface area contributed by atoms with Gasteiger partial charge in [0.05, 0.1) is 19.7 Å². The largest absolute Gasteiger partial charge is 0.465 e. The van der Waals surface area contributed by atoms with E-state index < -0.39 is 5.97 Å². The van der Waals surface area contributed by atoms with Crippen molar-refractivity contribution >= 4 is 11.9 Å². The second-order valence-corrected chi connectivity index (χ2v) is 5.97. The maximum Gasteiger partial charge on any atom is 0.341 e. The Morgan fingerprint density at radius 3 is 2.69 bits per heavy atom. The van der Waals surface area contributed by atoms with E-state index in [1.807, 2.05) is 13.0 Å². The fourth-order valence-electron chi connectivity index (χ4n) is 2.48. The van der Waals surface area contributed by atoms with Gasteiger partial charge in [0, 0.05) is 7.05 Å². The summed E-state index contributed by atoms with van der Waals surface area (Å²) in [5.74, 6) is 0.947. The van der Waals surface area contributed by atoms with E-state index in [1.54, 1.807) is 33.0 Å². The Hall–Kier alpha value is -2.83. The van der Waals surface area contributed by atoms with Crippen molar-refractivity contribution in [2.45, 2.75) is 33.4 Å². The Morgan fingerprint density at radius 2 is 2.08 bits per heavy atom. The zero-order chi connectivity index (χ0) is 19.3. The van der Waals surface area contributed by atoms with Crippen molar-refractivity contribution in [3.8, 4) is 0 Å². The summed E-state index contributed by atoms with van der Waals surface area (Å²) in [4.78, 5) is 15.8. The van der Waals surface area contributed by atoms with Crippen LogP contribution in [0, 0.1) is 19.7 Å². The van der Waals surface area contributed by atoms with E-state index in [0.29, 0.717) is 35.2 Å². The molecule has 0 saturated carbocycles. The first-order valence-corrected chi connectivity index (χ1v) is 8.26. The Labute approximate surface area is 152 Å². The third kappa shape index (κ3) is 4.62. The van der Waals surface area contributed by atoms with Crippen LogP contribution in [0.25, 0.3) is 0 Å². The molecule has 2 rings (SSSR count). The lowest BCUT2D eigenvalue weighted by Gasteiger charge is -2.18. The minimum Gasteiger partial charge on any atom is -0.465 e. The van der Waals surface area contributed by atoms with Crippen LogP contribution in [0.4, 0.5) is 4.39 Å². The van der Waals surface area contributed by atoms with E-state index in [9.17, 15) is 9.18 Å². The summed E-state index contributed by atoms with van der Waals surface area (Å²) in [6, 6.07) is 6.64.